The van der Waals surface area contributed by atoms with Crippen LogP contribution in [-0.2, 0) is 0 Å². The number of imidazole rings is 1. The number of aromatic nitrogens is 2. The van der Waals surface area contributed by atoms with Crippen molar-refractivity contribution in [3.8, 4) is 0 Å². The van der Waals surface area contributed by atoms with Crippen molar-refractivity contribution in [3.63, 3.8) is 0 Å². The fourth-order valence-electron chi connectivity index (χ4n) is 5.67. The van der Waals surface area contributed by atoms with Gasteiger partial charge >= 0.3 is 6.03 Å². The maximum Gasteiger partial charge on any atom is 0.321 e. The first-order valence-corrected chi connectivity index (χ1v) is 14.2. The highest BCUT2D eigenvalue weighted by molar-refractivity contribution is 6.04. The second-order valence-electron chi connectivity index (χ2n) is 11.3. The molecule has 1 aromatic heterocycles. The largest absolute Gasteiger partial charge is 0.352 e. The van der Waals surface area contributed by atoms with Crippen LogP contribution in [0.1, 0.15) is 61.6 Å². The summed E-state index contributed by atoms with van der Waals surface area (Å²) in [5, 5.41) is 5.96. The number of nitrogens with one attached hydrogen (secondary N) is 3. The second-order valence-corrected chi connectivity index (χ2v) is 11.3. The zero-order chi connectivity index (χ0) is 27.4. The van der Waals surface area contributed by atoms with E-state index in [0.717, 1.165) is 75.3 Å². The van der Waals surface area contributed by atoms with Crippen LogP contribution in [0.25, 0.3) is 11.0 Å². The Kier molecular flexibility index (Phi) is 8.45. The van der Waals surface area contributed by atoms with Crippen molar-refractivity contribution in [1.29, 1.82) is 0 Å². The molecule has 2 aromatic carbocycles. The van der Waals surface area contributed by atoms with Crippen molar-refractivity contribution in [3.05, 3.63) is 59.7 Å². The molecular formula is C30H39FN6O2. The van der Waals surface area contributed by atoms with Crippen LogP contribution in [-0.4, -0.2) is 71.0 Å². The van der Waals surface area contributed by atoms with E-state index >= 15 is 0 Å². The highest BCUT2D eigenvalue weighted by Gasteiger charge is 2.27. The van der Waals surface area contributed by atoms with Crippen LogP contribution in [0.2, 0.25) is 0 Å². The Bertz CT molecular complexity index is 1290. The van der Waals surface area contributed by atoms with E-state index < -0.39 is 0 Å². The number of para-hydroxylation sites is 1. The van der Waals surface area contributed by atoms with E-state index in [1.807, 2.05) is 23.1 Å². The van der Waals surface area contributed by atoms with Gasteiger partial charge in [0.2, 0.25) is 0 Å². The summed E-state index contributed by atoms with van der Waals surface area (Å²) in [5.41, 5.74) is 2.76. The lowest BCUT2D eigenvalue weighted by molar-refractivity contribution is 0.0930. The Hall–Kier alpha value is -3.46. The third-order valence-electron chi connectivity index (χ3n) is 8.07. The lowest BCUT2D eigenvalue weighted by Gasteiger charge is -2.37. The van der Waals surface area contributed by atoms with Crippen molar-refractivity contribution < 1.29 is 14.0 Å². The summed E-state index contributed by atoms with van der Waals surface area (Å²) in [6.07, 6.45) is 4.09. The number of hydrogen-bond acceptors (Lipinski definition) is 4. The number of likely N-dealkylation sites (tertiary alicyclic amines) is 2. The summed E-state index contributed by atoms with van der Waals surface area (Å²) < 4.78 is 13.4. The van der Waals surface area contributed by atoms with Gasteiger partial charge in [0.25, 0.3) is 5.91 Å². The Morgan fingerprint density at radius 2 is 1.74 bits per heavy atom. The van der Waals surface area contributed by atoms with E-state index in [2.05, 4.69) is 39.3 Å². The highest BCUT2D eigenvalue weighted by Crippen LogP contribution is 2.24. The fourth-order valence-corrected chi connectivity index (χ4v) is 5.67. The number of carbonyl (C=O) groups excluding carboxylic acids is 2. The molecule has 3 aromatic rings. The minimum absolute atomic E-state index is 0.0574. The molecule has 0 saturated carbocycles. The number of anilines is 1. The molecule has 8 nitrogen and oxygen atoms in total. The van der Waals surface area contributed by atoms with Gasteiger partial charge in [-0.05, 0) is 80.9 Å². The zero-order valence-corrected chi connectivity index (χ0v) is 22.9. The van der Waals surface area contributed by atoms with Crippen molar-refractivity contribution in [2.45, 2.75) is 45.4 Å². The van der Waals surface area contributed by atoms with Gasteiger partial charge in [-0.2, -0.15) is 0 Å². The van der Waals surface area contributed by atoms with Gasteiger partial charge < -0.3 is 25.4 Å². The standard InChI is InChI=1S/C30H39FN6O2/c1-20(2)28-34-26-8-4-7-25(27(26)35-28)29(38)32-18-21-9-13-36(14-10-21)19-22-11-15-37(16-12-22)30(39)33-24-6-3-5-23(31)17-24/h3-8,17,20-22H,9-16,18-19H2,1-2H3,(H,32,38)(H,33,39)(H,34,35). The molecule has 0 radical (unpaired) electrons. The molecule has 0 unspecified atom stereocenters. The Labute approximate surface area is 229 Å². The Morgan fingerprint density at radius 1 is 1.03 bits per heavy atom. The third-order valence-corrected chi connectivity index (χ3v) is 8.07. The Morgan fingerprint density at radius 3 is 2.46 bits per heavy atom. The predicted molar refractivity (Wildman–Crippen MR) is 151 cm³/mol. The molecule has 0 aliphatic carbocycles. The Balaban J connectivity index is 1.02. The van der Waals surface area contributed by atoms with E-state index in [0.29, 0.717) is 29.6 Å². The first-order valence-electron chi connectivity index (χ1n) is 14.2. The number of fused-ring (bicyclic) bond motifs is 1. The normalized spacial score (nSPS) is 17.6. The predicted octanol–water partition coefficient (Wildman–Crippen LogP) is 5.21. The number of carbonyl (C=O) groups is 2. The number of piperidine rings is 2. The lowest BCUT2D eigenvalue weighted by Crippen LogP contribution is -2.45. The van der Waals surface area contributed by atoms with E-state index in [4.69, 9.17) is 0 Å². The van der Waals surface area contributed by atoms with Crippen molar-refractivity contribution >= 4 is 28.7 Å². The van der Waals surface area contributed by atoms with Crippen LogP contribution in [0.4, 0.5) is 14.9 Å². The molecule has 0 bridgehead atoms. The summed E-state index contributed by atoms with van der Waals surface area (Å²) in [6, 6.07) is 11.5. The molecule has 3 amide bonds. The maximum atomic E-state index is 13.4. The molecule has 0 atom stereocenters. The number of aromatic amines is 1. The van der Waals surface area contributed by atoms with E-state index in [-0.39, 0.29) is 23.7 Å². The van der Waals surface area contributed by atoms with Crippen molar-refractivity contribution in [1.82, 2.24) is 25.1 Å². The van der Waals surface area contributed by atoms with Gasteiger partial charge in [-0.25, -0.2) is 14.2 Å². The molecule has 208 valence electrons. The summed E-state index contributed by atoms with van der Waals surface area (Å²) in [5.74, 6) is 1.81. The molecule has 5 rings (SSSR count). The molecule has 3 heterocycles. The summed E-state index contributed by atoms with van der Waals surface area (Å²) >= 11 is 0. The number of benzene rings is 2. The van der Waals surface area contributed by atoms with Crippen LogP contribution in [0.5, 0.6) is 0 Å². The van der Waals surface area contributed by atoms with Gasteiger partial charge in [0.15, 0.2) is 0 Å². The summed E-state index contributed by atoms with van der Waals surface area (Å²) in [4.78, 5) is 37.9. The van der Waals surface area contributed by atoms with E-state index in [1.165, 1.54) is 12.1 Å². The van der Waals surface area contributed by atoms with Crippen molar-refractivity contribution in [2.24, 2.45) is 11.8 Å². The number of hydrogen-bond donors (Lipinski definition) is 3. The van der Waals surface area contributed by atoms with E-state index in [1.54, 1.807) is 12.1 Å². The number of H-pyrrole nitrogens is 1. The monoisotopic (exact) mass is 534 g/mol. The summed E-state index contributed by atoms with van der Waals surface area (Å²) in [6.45, 7) is 9.42. The highest BCUT2D eigenvalue weighted by atomic mass is 19.1. The number of rotatable bonds is 7. The number of nitrogens with zero attached hydrogens (tertiary/aromatic N) is 3. The third kappa shape index (κ3) is 6.76. The molecule has 2 saturated heterocycles. The molecule has 9 heteroatoms. The van der Waals surface area contributed by atoms with Gasteiger partial charge in [0, 0.05) is 37.8 Å². The number of urea groups is 1. The van der Waals surface area contributed by atoms with Gasteiger partial charge in [-0.15, -0.1) is 0 Å². The molecule has 3 N–H and O–H groups in total. The molecule has 2 aliphatic rings. The minimum Gasteiger partial charge on any atom is -0.352 e. The van der Waals surface area contributed by atoms with Gasteiger partial charge in [0.1, 0.15) is 17.2 Å². The van der Waals surface area contributed by atoms with Gasteiger partial charge in [-0.1, -0.05) is 26.0 Å². The van der Waals surface area contributed by atoms with Gasteiger partial charge in [-0.3, -0.25) is 4.79 Å². The molecule has 39 heavy (non-hydrogen) atoms. The van der Waals surface area contributed by atoms with Gasteiger partial charge in [0.05, 0.1) is 11.1 Å². The summed E-state index contributed by atoms with van der Waals surface area (Å²) in [7, 11) is 0. The molecular weight excluding hydrogens is 495 g/mol. The first kappa shape index (κ1) is 27.1. The minimum atomic E-state index is -0.357. The second kappa shape index (κ2) is 12.2. The molecule has 2 fully saturated rings. The average Bonchev–Trinajstić information content (AvgIpc) is 3.38. The van der Waals surface area contributed by atoms with Crippen LogP contribution >= 0.6 is 0 Å². The van der Waals surface area contributed by atoms with Crippen LogP contribution in [0, 0.1) is 17.7 Å². The van der Waals surface area contributed by atoms with Crippen LogP contribution in [0.15, 0.2) is 42.5 Å². The zero-order valence-electron chi connectivity index (χ0n) is 22.9. The average molecular weight is 535 g/mol. The van der Waals surface area contributed by atoms with Crippen LogP contribution < -0.4 is 10.6 Å². The fraction of sp³-hybridized carbons (Fsp3) is 0.500. The van der Waals surface area contributed by atoms with Crippen molar-refractivity contribution in [2.75, 3.05) is 44.6 Å². The SMILES string of the molecule is CC(C)c1nc2c(C(=O)NCC3CCN(CC4CCN(C(=O)Nc5cccc(F)c5)CC4)CC3)cccc2[nH]1. The number of halogens is 1. The topological polar surface area (TPSA) is 93.4 Å². The van der Waals surface area contributed by atoms with E-state index in [9.17, 15) is 14.0 Å². The van der Waals surface area contributed by atoms with Crippen LogP contribution in [0.3, 0.4) is 0 Å². The number of amides is 3. The lowest BCUT2D eigenvalue weighted by atomic mass is 9.92. The first-order chi connectivity index (χ1) is 18.9. The quantitative estimate of drug-likeness (QED) is 0.388. The molecule has 2 aliphatic heterocycles. The molecule has 0 spiro atoms. The maximum absolute atomic E-state index is 13.4. The smallest absolute Gasteiger partial charge is 0.321 e.